The van der Waals surface area contributed by atoms with Crippen LogP contribution in [0, 0.1) is 0 Å². The standard InChI is InChI=1S/C28H28N4O2/c33-26(15-16-32-21-29-25-14-8-7-13-24(25)28(32)34)30-17-19-31(20-18-30)27(22-9-3-1-4-10-22)23-11-5-2-6-12-23/h1-14,21,27H,15-20H2. The van der Waals surface area contributed by atoms with Gasteiger partial charge in [-0.25, -0.2) is 4.98 Å². The molecule has 0 unspecified atom stereocenters. The van der Waals surface area contributed by atoms with E-state index in [2.05, 4.69) is 58.4 Å². The Bertz CT molecular complexity index is 1270. The van der Waals surface area contributed by atoms with Gasteiger partial charge in [0.15, 0.2) is 0 Å². The number of benzene rings is 3. The molecule has 0 saturated carbocycles. The van der Waals surface area contributed by atoms with Gasteiger partial charge in [0.25, 0.3) is 5.56 Å². The number of aromatic nitrogens is 2. The van der Waals surface area contributed by atoms with Crippen molar-refractivity contribution in [3.8, 4) is 0 Å². The average molecular weight is 453 g/mol. The molecule has 6 heteroatoms. The van der Waals surface area contributed by atoms with E-state index in [4.69, 9.17) is 0 Å². The van der Waals surface area contributed by atoms with Crippen LogP contribution in [0.5, 0.6) is 0 Å². The first kappa shape index (κ1) is 22.0. The van der Waals surface area contributed by atoms with E-state index in [9.17, 15) is 9.59 Å². The molecular formula is C28H28N4O2. The van der Waals surface area contributed by atoms with Gasteiger partial charge in [0, 0.05) is 39.1 Å². The molecule has 1 aromatic heterocycles. The molecule has 4 aromatic rings. The largest absolute Gasteiger partial charge is 0.340 e. The maximum atomic E-state index is 12.9. The number of amides is 1. The highest BCUT2D eigenvalue weighted by Crippen LogP contribution is 2.29. The highest BCUT2D eigenvalue weighted by Gasteiger charge is 2.28. The first-order chi connectivity index (χ1) is 16.7. The predicted molar refractivity (Wildman–Crippen MR) is 133 cm³/mol. The molecule has 0 spiro atoms. The lowest BCUT2D eigenvalue weighted by Gasteiger charge is -2.40. The van der Waals surface area contributed by atoms with Gasteiger partial charge in [0.2, 0.25) is 5.91 Å². The van der Waals surface area contributed by atoms with Crippen molar-refractivity contribution in [2.75, 3.05) is 26.2 Å². The molecule has 1 saturated heterocycles. The van der Waals surface area contributed by atoms with Crippen molar-refractivity contribution in [1.29, 1.82) is 0 Å². The van der Waals surface area contributed by atoms with Crippen molar-refractivity contribution >= 4 is 16.8 Å². The zero-order chi connectivity index (χ0) is 23.3. The van der Waals surface area contributed by atoms with Gasteiger partial charge in [-0.2, -0.15) is 0 Å². The Morgan fingerprint density at radius 2 is 1.38 bits per heavy atom. The Morgan fingerprint density at radius 1 is 0.794 bits per heavy atom. The van der Waals surface area contributed by atoms with Gasteiger partial charge in [-0.05, 0) is 23.3 Å². The van der Waals surface area contributed by atoms with Crippen LogP contribution in [0.2, 0.25) is 0 Å². The predicted octanol–water partition coefficient (Wildman–Crippen LogP) is 3.72. The van der Waals surface area contributed by atoms with E-state index >= 15 is 0 Å². The molecule has 5 rings (SSSR count). The molecule has 1 aliphatic heterocycles. The second-order valence-corrected chi connectivity index (χ2v) is 8.65. The Morgan fingerprint density at radius 3 is 2.03 bits per heavy atom. The second-order valence-electron chi connectivity index (χ2n) is 8.65. The average Bonchev–Trinajstić information content (AvgIpc) is 2.90. The SMILES string of the molecule is O=C(CCn1cnc2ccccc2c1=O)N1CCN(C(c2ccccc2)c2ccccc2)CC1. The zero-order valence-electron chi connectivity index (χ0n) is 19.1. The van der Waals surface area contributed by atoms with E-state index < -0.39 is 0 Å². The normalized spacial score (nSPS) is 14.6. The third kappa shape index (κ3) is 4.63. The number of nitrogens with zero attached hydrogens (tertiary/aromatic N) is 4. The lowest BCUT2D eigenvalue weighted by Crippen LogP contribution is -2.50. The van der Waals surface area contributed by atoms with E-state index in [0.29, 0.717) is 37.0 Å². The smallest absolute Gasteiger partial charge is 0.261 e. The van der Waals surface area contributed by atoms with Crippen LogP contribution in [0.15, 0.2) is 96.1 Å². The highest BCUT2D eigenvalue weighted by atomic mass is 16.2. The Labute approximate surface area is 199 Å². The number of piperazine rings is 1. The minimum atomic E-state index is -0.100. The number of hydrogen-bond donors (Lipinski definition) is 0. The minimum absolute atomic E-state index is 0.0793. The summed E-state index contributed by atoms with van der Waals surface area (Å²) in [6.45, 7) is 3.31. The molecule has 3 aromatic carbocycles. The van der Waals surface area contributed by atoms with Gasteiger partial charge in [-0.1, -0.05) is 72.8 Å². The molecule has 1 amide bonds. The zero-order valence-corrected chi connectivity index (χ0v) is 19.1. The van der Waals surface area contributed by atoms with Gasteiger partial charge in [-0.3, -0.25) is 19.1 Å². The molecular weight excluding hydrogens is 424 g/mol. The van der Waals surface area contributed by atoms with Crippen molar-refractivity contribution in [1.82, 2.24) is 19.4 Å². The Balaban J connectivity index is 1.23. The molecule has 1 fully saturated rings. The van der Waals surface area contributed by atoms with Crippen molar-refractivity contribution in [3.05, 3.63) is 113 Å². The highest BCUT2D eigenvalue weighted by molar-refractivity contribution is 5.77. The van der Waals surface area contributed by atoms with Gasteiger partial charge >= 0.3 is 0 Å². The quantitative estimate of drug-likeness (QED) is 0.447. The summed E-state index contributed by atoms with van der Waals surface area (Å²) in [5.74, 6) is 0.0793. The van der Waals surface area contributed by atoms with Crippen LogP contribution in [0.25, 0.3) is 10.9 Å². The summed E-state index contributed by atoms with van der Waals surface area (Å²) < 4.78 is 1.54. The summed E-state index contributed by atoms with van der Waals surface area (Å²) in [6.07, 6.45) is 1.83. The maximum absolute atomic E-state index is 12.9. The van der Waals surface area contributed by atoms with Gasteiger partial charge in [-0.15, -0.1) is 0 Å². The van der Waals surface area contributed by atoms with Gasteiger partial charge in [0.05, 0.1) is 23.3 Å². The third-order valence-electron chi connectivity index (χ3n) is 6.56. The van der Waals surface area contributed by atoms with E-state index in [1.807, 2.05) is 35.2 Å². The summed E-state index contributed by atoms with van der Waals surface area (Å²) in [6, 6.07) is 28.5. The molecule has 0 atom stereocenters. The van der Waals surface area contributed by atoms with Crippen molar-refractivity contribution < 1.29 is 4.79 Å². The van der Waals surface area contributed by atoms with E-state index in [0.717, 1.165) is 13.1 Å². The number of para-hydroxylation sites is 1. The van der Waals surface area contributed by atoms with Crippen molar-refractivity contribution in [3.63, 3.8) is 0 Å². The van der Waals surface area contributed by atoms with Crippen LogP contribution >= 0.6 is 0 Å². The molecule has 172 valence electrons. The fourth-order valence-electron chi connectivity index (χ4n) is 4.75. The third-order valence-corrected chi connectivity index (χ3v) is 6.56. The Hall–Kier alpha value is -3.77. The minimum Gasteiger partial charge on any atom is -0.340 e. The number of fused-ring (bicyclic) bond motifs is 1. The number of hydrogen-bond acceptors (Lipinski definition) is 4. The topological polar surface area (TPSA) is 58.4 Å². The molecule has 34 heavy (non-hydrogen) atoms. The second kappa shape index (κ2) is 10.0. The molecule has 1 aliphatic rings. The van der Waals surface area contributed by atoms with Gasteiger partial charge < -0.3 is 4.90 Å². The van der Waals surface area contributed by atoms with Crippen LogP contribution < -0.4 is 5.56 Å². The van der Waals surface area contributed by atoms with E-state index in [1.165, 1.54) is 15.7 Å². The fraction of sp³-hybridized carbons (Fsp3) is 0.250. The monoisotopic (exact) mass is 452 g/mol. The van der Waals surface area contributed by atoms with Crippen LogP contribution in [0.1, 0.15) is 23.6 Å². The first-order valence-corrected chi connectivity index (χ1v) is 11.8. The maximum Gasteiger partial charge on any atom is 0.261 e. The van der Waals surface area contributed by atoms with Crippen LogP contribution in [-0.2, 0) is 11.3 Å². The van der Waals surface area contributed by atoms with Crippen LogP contribution in [0.3, 0.4) is 0 Å². The number of aryl methyl sites for hydroxylation is 1. The van der Waals surface area contributed by atoms with Crippen molar-refractivity contribution in [2.45, 2.75) is 19.0 Å². The summed E-state index contributed by atoms with van der Waals surface area (Å²) in [7, 11) is 0. The van der Waals surface area contributed by atoms with E-state index in [-0.39, 0.29) is 17.5 Å². The summed E-state index contributed by atoms with van der Waals surface area (Å²) in [5.41, 5.74) is 3.10. The summed E-state index contributed by atoms with van der Waals surface area (Å²) >= 11 is 0. The molecule has 0 radical (unpaired) electrons. The molecule has 0 aliphatic carbocycles. The lowest BCUT2D eigenvalue weighted by atomic mass is 9.96. The Kier molecular flexibility index (Phi) is 6.49. The lowest BCUT2D eigenvalue weighted by molar-refractivity contribution is -0.133. The summed E-state index contributed by atoms with van der Waals surface area (Å²) in [4.78, 5) is 34.4. The molecule has 2 heterocycles. The number of carbonyl (C=O) groups excluding carboxylic acids is 1. The van der Waals surface area contributed by atoms with E-state index in [1.54, 1.807) is 12.4 Å². The van der Waals surface area contributed by atoms with Crippen LogP contribution in [-0.4, -0.2) is 51.4 Å². The van der Waals surface area contributed by atoms with Crippen LogP contribution in [0.4, 0.5) is 0 Å². The first-order valence-electron chi connectivity index (χ1n) is 11.8. The number of carbonyl (C=O) groups is 1. The number of rotatable bonds is 6. The fourth-order valence-corrected chi connectivity index (χ4v) is 4.75. The molecule has 0 bridgehead atoms. The summed E-state index contributed by atoms with van der Waals surface area (Å²) in [5, 5.41) is 0.582. The molecule has 6 nitrogen and oxygen atoms in total. The molecule has 0 N–H and O–H groups in total. The van der Waals surface area contributed by atoms with Crippen molar-refractivity contribution in [2.24, 2.45) is 0 Å². The van der Waals surface area contributed by atoms with Gasteiger partial charge in [0.1, 0.15) is 0 Å².